The maximum absolute atomic E-state index is 13.5. The number of carboxylic acids is 1. The lowest BCUT2D eigenvalue weighted by Crippen LogP contribution is -2.53. The van der Waals surface area contributed by atoms with Crippen molar-refractivity contribution in [2.75, 3.05) is 13.2 Å². The third kappa shape index (κ3) is 6.89. The predicted octanol–water partition coefficient (Wildman–Crippen LogP) is 3.35. The number of likely N-dealkylation sites (tertiary alicyclic amines) is 1. The predicted molar refractivity (Wildman–Crippen MR) is 124 cm³/mol. The Morgan fingerprint density at radius 1 is 1.09 bits per heavy atom. The number of esters is 1. The highest BCUT2D eigenvalue weighted by Crippen LogP contribution is 2.31. The van der Waals surface area contributed by atoms with Gasteiger partial charge in [-0.05, 0) is 50.2 Å². The summed E-state index contributed by atoms with van der Waals surface area (Å²) in [6.45, 7) is 1.62. The number of hydrogen-bond acceptors (Lipinski definition) is 5. The molecule has 3 atom stereocenters. The minimum absolute atomic E-state index is 0.252. The lowest BCUT2D eigenvalue weighted by Gasteiger charge is -2.32. The molecule has 2 aromatic rings. The van der Waals surface area contributed by atoms with E-state index in [0.29, 0.717) is 25.7 Å². The Hall–Kier alpha value is -3.19. The molecule has 2 aromatic carbocycles. The lowest BCUT2D eigenvalue weighted by molar-refractivity contribution is -0.149. The maximum Gasteiger partial charge on any atom is 0.323 e. The molecular weight excluding hydrogens is 420 g/mol. The van der Waals surface area contributed by atoms with Gasteiger partial charge in [-0.25, -0.2) is 0 Å². The number of amides is 1. The number of carboxylic acid groups (broad SMARTS) is 1. The Morgan fingerprint density at radius 3 is 2.39 bits per heavy atom. The van der Waals surface area contributed by atoms with Gasteiger partial charge in [-0.2, -0.15) is 0 Å². The van der Waals surface area contributed by atoms with Gasteiger partial charge < -0.3 is 14.7 Å². The zero-order valence-electron chi connectivity index (χ0n) is 19.0. The van der Waals surface area contributed by atoms with E-state index < -0.39 is 24.0 Å². The average Bonchev–Trinajstić information content (AvgIpc) is 2.96. The van der Waals surface area contributed by atoms with Crippen LogP contribution < -0.4 is 5.32 Å². The number of nitrogens with one attached hydrogen (secondary N) is 1. The van der Waals surface area contributed by atoms with E-state index in [0.717, 1.165) is 17.5 Å². The van der Waals surface area contributed by atoms with Crippen LogP contribution in [0.3, 0.4) is 0 Å². The fourth-order valence-electron chi connectivity index (χ4n) is 4.37. The molecule has 1 fully saturated rings. The molecule has 2 N–H and O–H groups in total. The summed E-state index contributed by atoms with van der Waals surface area (Å²) >= 11 is 0. The molecule has 1 amide bonds. The van der Waals surface area contributed by atoms with Crippen LogP contribution in [-0.4, -0.2) is 53.1 Å². The SMILES string of the molecule is CCOC(=O)C(CCc1ccccc1)NC1CCCC(c2ccccc2)N(CC(=O)O)C1=O. The van der Waals surface area contributed by atoms with Crippen molar-refractivity contribution in [3.8, 4) is 0 Å². The molecule has 3 rings (SSSR count). The van der Waals surface area contributed by atoms with E-state index in [-0.39, 0.29) is 25.1 Å². The molecule has 1 aliphatic heterocycles. The van der Waals surface area contributed by atoms with E-state index in [4.69, 9.17) is 4.74 Å². The van der Waals surface area contributed by atoms with E-state index in [1.807, 2.05) is 60.7 Å². The van der Waals surface area contributed by atoms with E-state index in [2.05, 4.69) is 5.32 Å². The fourth-order valence-corrected chi connectivity index (χ4v) is 4.37. The number of carbonyl (C=O) groups excluding carboxylic acids is 2. The van der Waals surface area contributed by atoms with E-state index in [9.17, 15) is 19.5 Å². The van der Waals surface area contributed by atoms with E-state index in [1.54, 1.807) is 6.92 Å². The molecule has 7 heteroatoms. The molecule has 0 spiro atoms. The summed E-state index contributed by atoms with van der Waals surface area (Å²) < 4.78 is 5.26. The van der Waals surface area contributed by atoms with Crippen molar-refractivity contribution in [2.24, 2.45) is 0 Å². The Morgan fingerprint density at radius 2 is 1.76 bits per heavy atom. The van der Waals surface area contributed by atoms with Crippen molar-refractivity contribution in [3.05, 3.63) is 71.8 Å². The first-order valence-corrected chi connectivity index (χ1v) is 11.5. The highest BCUT2D eigenvalue weighted by Gasteiger charge is 2.36. The molecule has 1 heterocycles. The molecule has 7 nitrogen and oxygen atoms in total. The second-order valence-electron chi connectivity index (χ2n) is 8.27. The van der Waals surface area contributed by atoms with Crippen LogP contribution in [0.4, 0.5) is 0 Å². The van der Waals surface area contributed by atoms with Gasteiger partial charge in [0.1, 0.15) is 12.6 Å². The van der Waals surface area contributed by atoms with Gasteiger partial charge in [0.25, 0.3) is 0 Å². The summed E-state index contributed by atoms with van der Waals surface area (Å²) in [5.41, 5.74) is 2.01. The smallest absolute Gasteiger partial charge is 0.323 e. The van der Waals surface area contributed by atoms with Gasteiger partial charge in [-0.1, -0.05) is 60.7 Å². The summed E-state index contributed by atoms with van der Waals surface area (Å²) in [6, 6.07) is 17.7. The molecule has 0 radical (unpaired) electrons. The van der Waals surface area contributed by atoms with Crippen LogP contribution in [0, 0.1) is 0 Å². The Kier molecular flexibility index (Phi) is 9.01. The molecule has 1 aliphatic rings. The number of benzene rings is 2. The van der Waals surface area contributed by atoms with Crippen molar-refractivity contribution in [1.29, 1.82) is 0 Å². The Bertz CT molecular complexity index is 919. The normalized spacial score (nSPS) is 19.5. The zero-order chi connectivity index (χ0) is 23.6. The van der Waals surface area contributed by atoms with Gasteiger partial charge in [0.05, 0.1) is 18.7 Å². The second-order valence-corrected chi connectivity index (χ2v) is 8.27. The third-order valence-electron chi connectivity index (χ3n) is 5.96. The zero-order valence-corrected chi connectivity index (χ0v) is 19.0. The van der Waals surface area contributed by atoms with Crippen LogP contribution in [-0.2, 0) is 25.5 Å². The highest BCUT2D eigenvalue weighted by molar-refractivity contribution is 5.87. The highest BCUT2D eigenvalue weighted by atomic mass is 16.5. The second kappa shape index (κ2) is 12.2. The summed E-state index contributed by atoms with van der Waals surface area (Å²) in [7, 11) is 0. The molecule has 0 saturated carbocycles. The van der Waals surface area contributed by atoms with Crippen LogP contribution in [0.2, 0.25) is 0 Å². The summed E-state index contributed by atoms with van der Waals surface area (Å²) in [5, 5.41) is 12.7. The lowest BCUT2D eigenvalue weighted by atomic mass is 10.0. The number of carbonyl (C=O) groups is 3. The molecule has 33 heavy (non-hydrogen) atoms. The van der Waals surface area contributed by atoms with Gasteiger partial charge in [-0.15, -0.1) is 0 Å². The standard InChI is InChI=1S/C26H32N2O5/c1-2-33-26(32)22(17-16-19-10-5-3-6-11-19)27-21-14-9-15-23(20-12-7-4-8-13-20)28(25(21)31)18-24(29)30/h3-8,10-13,21-23,27H,2,9,14-18H2,1H3,(H,29,30). The summed E-state index contributed by atoms with van der Waals surface area (Å²) in [4.78, 5) is 39.2. The summed E-state index contributed by atoms with van der Waals surface area (Å²) in [6.07, 6.45) is 3.06. The number of aliphatic carboxylic acids is 1. The van der Waals surface area contributed by atoms with Crippen LogP contribution in [0.5, 0.6) is 0 Å². The number of nitrogens with zero attached hydrogens (tertiary/aromatic N) is 1. The van der Waals surface area contributed by atoms with Crippen LogP contribution in [0.25, 0.3) is 0 Å². The van der Waals surface area contributed by atoms with Crippen molar-refractivity contribution < 1.29 is 24.2 Å². The number of ether oxygens (including phenoxy) is 1. The number of hydrogen-bond donors (Lipinski definition) is 2. The quantitative estimate of drug-likeness (QED) is 0.537. The number of rotatable bonds is 10. The van der Waals surface area contributed by atoms with Gasteiger partial charge in [0.2, 0.25) is 5.91 Å². The van der Waals surface area contributed by atoms with Crippen LogP contribution in [0.1, 0.15) is 49.8 Å². The topological polar surface area (TPSA) is 95.9 Å². The average molecular weight is 453 g/mol. The van der Waals surface area contributed by atoms with Crippen LogP contribution >= 0.6 is 0 Å². The third-order valence-corrected chi connectivity index (χ3v) is 5.96. The van der Waals surface area contributed by atoms with Crippen molar-refractivity contribution >= 4 is 17.8 Å². The van der Waals surface area contributed by atoms with Crippen molar-refractivity contribution in [1.82, 2.24) is 10.2 Å². The van der Waals surface area contributed by atoms with Gasteiger partial charge in [0.15, 0.2) is 0 Å². The van der Waals surface area contributed by atoms with Gasteiger partial charge in [0, 0.05) is 0 Å². The molecule has 0 aliphatic carbocycles. The molecule has 176 valence electrons. The Balaban J connectivity index is 1.79. The molecular formula is C26H32N2O5. The number of aryl methyl sites for hydroxylation is 1. The van der Waals surface area contributed by atoms with Crippen LogP contribution in [0.15, 0.2) is 60.7 Å². The Labute approximate surface area is 194 Å². The first-order chi connectivity index (χ1) is 16.0. The minimum Gasteiger partial charge on any atom is -0.480 e. The van der Waals surface area contributed by atoms with E-state index in [1.165, 1.54) is 4.90 Å². The van der Waals surface area contributed by atoms with Gasteiger partial charge >= 0.3 is 11.9 Å². The fraction of sp³-hybridized carbons (Fsp3) is 0.423. The maximum atomic E-state index is 13.5. The monoisotopic (exact) mass is 452 g/mol. The molecule has 3 unspecified atom stereocenters. The van der Waals surface area contributed by atoms with Gasteiger partial charge in [-0.3, -0.25) is 19.7 Å². The molecule has 0 bridgehead atoms. The molecule has 0 aromatic heterocycles. The largest absolute Gasteiger partial charge is 0.480 e. The summed E-state index contributed by atoms with van der Waals surface area (Å²) in [5.74, 6) is -1.75. The minimum atomic E-state index is -1.06. The van der Waals surface area contributed by atoms with Crippen molar-refractivity contribution in [3.63, 3.8) is 0 Å². The molecule has 1 saturated heterocycles. The van der Waals surface area contributed by atoms with Crippen molar-refractivity contribution in [2.45, 2.75) is 57.2 Å². The first-order valence-electron chi connectivity index (χ1n) is 11.5. The first kappa shape index (κ1) is 24.5. The van der Waals surface area contributed by atoms with E-state index >= 15 is 0 Å².